The fourth-order valence-electron chi connectivity index (χ4n) is 2.30. The van der Waals surface area contributed by atoms with Gasteiger partial charge in [-0.25, -0.2) is 8.42 Å². The van der Waals surface area contributed by atoms with Crippen LogP contribution in [0.5, 0.6) is 0 Å². The van der Waals surface area contributed by atoms with Gasteiger partial charge >= 0.3 is 0 Å². The van der Waals surface area contributed by atoms with Crippen molar-refractivity contribution >= 4 is 43.0 Å². The number of rotatable bonds is 3. The highest BCUT2D eigenvalue weighted by Crippen LogP contribution is 2.36. The van der Waals surface area contributed by atoms with Crippen LogP contribution in [0.1, 0.15) is 22.9 Å². The smallest absolute Gasteiger partial charge is 0.205 e. The van der Waals surface area contributed by atoms with Crippen molar-refractivity contribution in [2.24, 2.45) is 5.10 Å². The summed E-state index contributed by atoms with van der Waals surface area (Å²) in [6, 6.07) is 11.4. The third kappa shape index (κ3) is 3.04. The van der Waals surface area contributed by atoms with Gasteiger partial charge in [0.05, 0.1) is 12.0 Å². The molecular weight excluding hydrogens is 372 g/mol. The van der Waals surface area contributed by atoms with E-state index in [0.717, 1.165) is 20.6 Å². The van der Waals surface area contributed by atoms with Crippen LogP contribution in [-0.2, 0) is 10.0 Å². The molecule has 0 bridgehead atoms. The molecule has 21 heavy (non-hydrogen) atoms. The maximum absolute atomic E-state index is 12.0. The molecule has 0 N–H and O–H groups in total. The normalized spacial score (nSPS) is 18.9. The number of halogens is 1. The van der Waals surface area contributed by atoms with Gasteiger partial charge in [0.1, 0.15) is 6.04 Å². The summed E-state index contributed by atoms with van der Waals surface area (Å²) in [4.78, 5) is 1.01. The predicted molar refractivity (Wildman–Crippen MR) is 89.0 cm³/mol. The summed E-state index contributed by atoms with van der Waals surface area (Å²) in [5.74, 6) is 0. The first-order chi connectivity index (χ1) is 9.95. The number of thiophene rings is 1. The molecule has 1 aliphatic heterocycles. The van der Waals surface area contributed by atoms with Crippen molar-refractivity contribution in [3.05, 3.63) is 56.7 Å². The van der Waals surface area contributed by atoms with Gasteiger partial charge in [0.2, 0.25) is 10.0 Å². The molecular formula is C14H13BrN2O2S2. The van der Waals surface area contributed by atoms with Crippen molar-refractivity contribution in [3.63, 3.8) is 0 Å². The largest absolute Gasteiger partial charge is 0.247 e. The molecule has 0 spiro atoms. The van der Waals surface area contributed by atoms with Crippen LogP contribution < -0.4 is 0 Å². The first kappa shape index (κ1) is 14.7. The number of nitrogens with zero attached hydrogens (tertiary/aromatic N) is 2. The van der Waals surface area contributed by atoms with Gasteiger partial charge in [-0.2, -0.15) is 9.52 Å². The van der Waals surface area contributed by atoms with E-state index >= 15 is 0 Å². The van der Waals surface area contributed by atoms with Crippen LogP contribution in [0.4, 0.5) is 0 Å². The van der Waals surface area contributed by atoms with Crippen LogP contribution in [0.3, 0.4) is 0 Å². The molecule has 4 nitrogen and oxygen atoms in total. The highest BCUT2D eigenvalue weighted by atomic mass is 79.9. The van der Waals surface area contributed by atoms with Gasteiger partial charge in [-0.05, 0) is 29.1 Å². The van der Waals surface area contributed by atoms with Crippen molar-refractivity contribution < 1.29 is 8.42 Å². The minimum atomic E-state index is -3.38. The second-order valence-corrected chi connectivity index (χ2v) is 8.56. The van der Waals surface area contributed by atoms with E-state index in [4.69, 9.17) is 0 Å². The van der Waals surface area contributed by atoms with Crippen molar-refractivity contribution in [3.8, 4) is 0 Å². The molecule has 0 saturated heterocycles. The van der Waals surface area contributed by atoms with Crippen LogP contribution in [0, 0.1) is 0 Å². The Morgan fingerprint density at radius 2 is 2.00 bits per heavy atom. The first-order valence-electron chi connectivity index (χ1n) is 6.31. The molecule has 1 aliphatic rings. The summed E-state index contributed by atoms with van der Waals surface area (Å²) in [5, 5.41) is 6.30. The van der Waals surface area contributed by atoms with Crippen LogP contribution in [0.25, 0.3) is 0 Å². The Balaban J connectivity index is 1.99. The fourth-order valence-corrected chi connectivity index (χ4v) is 4.34. The van der Waals surface area contributed by atoms with E-state index < -0.39 is 10.0 Å². The minimum Gasteiger partial charge on any atom is -0.205 e. The molecule has 0 radical (unpaired) electrons. The molecule has 1 aromatic carbocycles. The van der Waals surface area contributed by atoms with E-state index in [-0.39, 0.29) is 6.04 Å². The van der Waals surface area contributed by atoms with Gasteiger partial charge in [-0.15, -0.1) is 11.3 Å². The third-order valence-electron chi connectivity index (χ3n) is 3.26. The van der Waals surface area contributed by atoms with Crippen molar-refractivity contribution in [2.45, 2.75) is 12.5 Å². The molecule has 0 amide bonds. The summed E-state index contributed by atoms with van der Waals surface area (Å²) in [7, 11) is -3.38. The van der Waals surface area contributed by atoms with Gasteiger partial charge < -0.3 is 0 Å². The number of hydrogen-bond donors (Lipinski definition) is 0. The monoisotopic (exact) mass is 384 g/mol. The lowest BCUT2D eigenvalue weighted by Gasteiger charge is -2.19. The molecule has 2 aromatic rings. The third-order valence-corrected chi connectivity index (χ3v) is 5.78. The Morgan fingerprint density at radius 3 is 2.57 bits per heavy atom. The summed E-state index contributed by atoms with van der Waals surface area (Å²) >= 11 is 4.95. The molecule has 0 aliphatic carbocycles. The van der Waals surface area contributed by atoms with Gasteiger partial charge in [0.15, 0.2) is 0 Å². The second kappa shape index (κ2) is 5.55. The highest BCUT2D eigenvalue weighted by Gasteiger charge is 2.34. The van der Waals surface area contributed by atoms with Crippen molar-refractivity contribution in [1.29, 1.82) is 0 Å². The van der Waals surface area contributed by atoms with Crippen molar-refractivity contribution in [2.75, 3.05) is 6.26 Å². The molecule has 0 saturated carbocycles. The van der Waals surface area contributed by atoms with Gasteiger partial charge in [0, 0.05) is 15.8 Å². The SMILES string of the molecule is CS(=O)(=O)N1N=C(c2ccc(Br)cc2)C[C@H]1c1cccs1. The highest BCUT2D eigenvalue weighted by molar-refractivity contribution is 9.10. The maximum atomic E-state index is 12.0. The lowest BCUT2D eigenvalue weighted by Crippen LogP contribution is -2.25. The topological polar surface area (TPSA) is 49.7 Å². The number of sulfonamides is 1. The van der Waals surface area contributed by atoms with E-state index in [1.807, 2.05) is 41.8 Å². The van der Waals surface area contributed by atoms with Crippen molar-refractivity contribution in [1.82, 2.24) is 4.41 Å². The van der Waals surface area contributed by atoms with E-state index in [0.29, 0.717) is 6.42 Å². The average Bonchev–Trinajstić information content (AvgIpc) is 3.07. The van der Waals surface area contributed by atoms with Gasteiger partial charge in [0.25, 0.3) is 0 Å². The fraction of sp³-hybridized carbons (Fsp3) is 0.214. The van der Waals surface area contributed by atoms with Gasteiger partial charge in [-0.3, -0.25) is 0 Å². The van der Waals surface area contributed by atoms with Crippen LogP contribution in [0.2, 0.25) is 0 Å². The van der Waals surface area contributed by atoms with Crippen LogP contribution in [-0.4, -0.2) is 24.8 Å². The number of hydrazone groups is 1. The van der Waals surface area contributed by atoms with Gasteiger partial charge in [-0.1, -0.05) is 34.1 Å². The molecule has 3 rings (SSSR count). The Kier molecular flexibility index (Phi) is 3.90. The molecule has 110 valence electrons. The van der Waals surface area contributed by atoms with E-state index in [1.165, 1.54) is 10.7 Å². The first-order valence-corrected chi connectivity index (χ1v) is 9.83. The lowest BCUT2D eigenvalue weighted by molar-refractivity contribution is 0.379. The number of hydrogen-bond acceptors (Lipinski definition) is 4. The Bertz CT molecular complexity index is 768. The molecule has 7 heteroatoms. The molecule has 0 fully saturated rings. The lowest BCUT2D eigenvalue weighted by atomic mass is 10.0. The minimum absolute atomic E-state index is 0.237. The summed E-state index contributed by atoms with van der Waals surface area (Å²) in [5.41, 5.74) is 1.75. The summed E-state index contributed by atoms with van der Waals surface area (Å²) in [6.45, 7) is 0. The zero-order valence-corrected chi connectivity index (χ0v) is 14.5. The van der Waals surface area contributed by atoms with Crippen LogP contribution in [0.15, 0.2) is 51.4 Å². The molecule has 1 atom stereocenters. The zero-order valence-electron chi connectivity index (χ0n) is 11.2. The Hall–Kier alpha value is -1.18. The predicted octanol–water partition coefficient (Wildman–Crippen LogP) is 3.62. The average molecular weight is 385 g/mol. The van der Waals surface area contributed by atoms with Crippen LogP contribution >= 0.6 is 27.3 Å². The summed E-state index contributed by atoms with van der Waals surface area (Å²) in [6.07, 6.45) is 1.79. The van der Waals surface area contributed by atoms with E-state index in [1.54, 1.807) is 11.3 Å². The standard InChI is InChI=1S/C14H13BrN2O2S2/c1-21(18,19)17-13(14-3-2-8-20-14)9-12(16-17)10-4-6-11(15)7-5-10/h2-8,13H,9H2,1H3/t13-/m0/s1. The number of benzene rings is 1. The summed E-state index contributed by atoms with van der Waals surface area (Å²) < 4.78 is 26.2. The molecule has 2 heterocycles. The Morgan fingerprint density at radius 1 is 1.29 bits per heavy atom. The van der Waals surface area contributed by atoms with E-state index in [2.05, 4.69) is 21.0 Å². The Labute approximate surface area is 136 Å². The zero-order chi connectivity index (χ0) is 15.0. The quantitative estimate of drug-likeness (QED) is 0.810. The molecule has 0 unspecified atom stereocenters. The second-order valence-electron chi connectivity index (χ2n) is 4.82. The van der Waals surface area contributed by atoms with E-state index in [9.17, 15) is 8.42 Å². The maximum Gasteiger partial charge on any atom is 0.247 e. The molecule has 1 aromatic heterocycles.